The summed E-state index contributed by atoms with van der Waals surface area (Å²) < 4.78 is 24.6. The zero-order chi connectivity index (χ0) is 15.7. The lowest BCUT2D eigenvalue weighted by molar-refractivity contribution is -0.143. The first kappa shape index (κ1) is 16.0. The Morgan fingerprint density at radius 1 is 1.27 bits per heavy atom. The second-order valence-corrected chi connectivity index (χ2v) is 6.31. The predicted molar refractivity (Wildman–Crippen MR) is 80.6 cm³/mol. The van der Waals surface area contributed by atoms with E-state index >= 15 is 0 Å². The third kappa shape index (κ3) is 3.23. The summed E-state index contributed by atoms with van der Waals surface area (Å²) in [7, 11) is 0. The van der Waals surface area contributed by atoms with E-state index in [0.717, 1.165) is 6.42 Å². The topological polar surface area (TPSA) is 38.8 Å². The Balaban J connectivity index is 1.75. The molecule has 2 heterocycles. The molecule has 1 amide bonds. The van der Waals surface area contributed by atoms with Gasteiger partial charge in [0.1, 0.15) is 11.9 Å². The second kappa shape index (κ2) is 6.71. The number of nitrogens with zero attached hydrogens (tertiary/aromatic N) is 1. The van der Waals surface area contributed by atoms with Crippen molar-refractivity contribution in [3.63, 3.8) is 0 Å². The third-order valence-corrected chi connectivity index (χ3v) is 4.66. The number of morpholine rings is 1. The van der Waals surface area contributed by atoms with Crippen LogP contribution in [-0.2, 0) is 14.3 Å². The number of ether oxygens (including phenoxy) is 2. The maximum absolute atomic E-state index is 13.7. The van der Waals surface area contributed by atoms with Crippen molar-refractivity contribution >= 4 is 29.1 Å². The van der Waals surface area contributed by atoms with Gasteiger partial charge in [-0.05, 0) is 18.6 Å². The van der Waals surface area contributed by atoms with Gasteiger partial charge in [-0.3, -0.25) is 4.79 Å². The Morgan fingerprint density at radius 3 is 2.82 bits per heavy atom. The maximum Gasteiger partial charge on any atom is 0.228 e. The second-order valence-electron chi connectivity index (χ2n) is 5.49. The highest BCUT2D eigenvalue weighted by Gasteiger charge is 2.32. The summed E-state index contributed by atoms with van der Waals surface area (Å²) in [6, 6.07) is 2.64. The van der Waals surface area contributed by atoms with Crippen LogP contribution in [-0.4, -0.2) is 43.7 Å². The monoisotopic (exact) mass is 347 g/mol. The summed E-state index contributed by atoms with van der Waals surface area (Å²) in [5.74, 6) is -0.565. The Kier molecular flexibility index (Phi) is 4.88. The van der Waals surface area contributed by atoms with Gasteiger partial charge in [0.2, 0.25) is 5.91 Å². The molecule has 0 bridgehead atoms. The quantitative estimate of drug-likeness (QED) is 0.771. The number of carbonyl (C=O) groups excluding carboxylic acids is 1. The first-order chi connectivity index (χ1) is 10.6. The van der Waals surface area contributed by atoms with E-state index in [1.807, 2.05) is 0 Å². The molecule has 7 heteroatoms. The lowest BCUT2D eigenvalue weighted by Crippen LogP contribution is -2.45. The molecule has 0 aliphatic carbocycles. The summed E-state index contributed by atoms with van der Waals surface area (Å²) in [6.45, 7) is 2.37. The van der Waals surface area contributed by atoms with Crippen molar-refractivity contribution in [2.45, 2.75) is 12.5 Å². The normalized spacial score (nSPS) is 25.5. The van der Waals surface area contributed by atoms with Gasteiger partial charge in [-0.15, -0.1) is 0 Å². The average molecular weight is 348 g/mol. The molecule has 2 saturated heterocycles. The van der Waals surface area contributed by atoms with Crippen molar-refractivity contribution in [1.82, 2.24) is 4.90 Å². The summed E-state index contributed by atoms with van der Waals surface area (Å²) in [5, 5.41) is 0.315. The molecular formula is C15H16Cl2FNO3. The molecule has 4 nitrogen and oxygen atoms in total. The average Bonchev–Trinajstić information content (AvgIpc) is 3.04. The van der Waals surface area contributed by atoms with Crippen molar-refractivity contribution in [2.75, 3.05) is 32.9 Å². The molecule has 1 aromatic carbocycles. The molecule has 1 aromatic rings. The summed E-state index contributed by atoms with van der Waals surface area (Å²) in [6.07, 6.45) is 0.302. The van der Waals surface area contributed by atoms with Gasteiger partial charge in [-0.2, -0.15) is 0 Å². The zero-order valence-electron chi connectivity index (χ0n) is 11.9. The molecule has 22 heavy (non-hydrogen) atoms. The van der Waals surface area contributed by atoms with E-state index in [2.05, 4.69) is 0 Å². The Labute approximate surface area is 138 Å². The van der Waals surface area contributed by atoms with Crippen molar-refractivity contribution in [2.24, 2.45) is 5.92 Å². The largest absolute Gasteiger partial charge is 0.381 e. The van der Waals surface area contributed by atoms with Gasteiger partial charge >= 0.3 is 0 Å². The van der Waals surface area contributed by atoms with Crippen molar-refractivity contribution in [1.29, 1.82) is 0 Å². The molecule has 0 radical (unpaired) electrons. The Bertz CT molecular complexity index is 578. The number of rotatable bonds is 2. The smallest absolute Gasteiger partial charge is 0.228 e. The molecule has 0 aromatic heterocycles. The fraction of sp³-hybridized carbons (Fsp3) is 0.533. The van der Waals surface area contributed by atoms with Gasteiger partial charge in [0.05, 0.1) is 30.7 Å². The van der Waals surface area contributed by atoms with Gasteiger partial charge in [-0.1, -0.05) is 23.2 Å². The highest BCUT2D eigenvalue weighted by molar-refractivity contribution is 6.35. The minimum absolute atomic E-state index is 0.0272. The number of benzene rings is 1. The van der Waals surface area contributed by atoms with Crippen LogP contribution < -0.4 is 0 Å². The number of hydrogen-bond acceptors (Lipinski definition) is 3. The summed E-state index contributed by atoms with van der Waals surface area (Å²) in [4.78, 5) is 14.2. The van der Waals surface area contributed by atoms with Crippen molar-refractivity contribution in [3.8, 4) is 0 Å². The number of amides is 1. The van der Waals surface area contributed by atoms with Gasteiger partial charge in [0, 0.05) is 23.7 Å². The highest BCUT2D eigenvalue weighted by atomic mass is 35.5. The molecule has 0 N–H and O–H groups in total. The molecule has 0 unspecified atom stereocenters. The van der Waals surface area contributed by atoms with E-state index in [1.165, 1.54) is 12.1 Å². The third-order valence-electron chi connectivity index (χ3n) is 4.04. The molecule has 0 spiro atoms. The van der Waals surface area contributed by atoms with E-state index in [9.17, 15) is 9.18 Å². The van der Waals surface area contributed by atoms with Gasteiger partial charge in [0.15, 0.2) is 0 Å². The molecular weight excluding hydrogens is 332 g/mol. The van der Waals surface area contributed by atoms with Crippen LogP contribution in [0.25, 0.3) is 0 Å². The minimum Gasteiger partial charge on any atom is -0.381 e. The first-order valence-electron chi connectivity index (χ1n) is 7.19. The lowest BCUT2D eigenvalue weighted by atomic mass is 10.0. The van der Waals surface area contributed by atoms with Crippen LogP contribution in [0.1, 0.15) is 18.1 Å². The van der Waals surface area contributed by atoms with E-state index in [0.29, 0.717) is 43.5 Å². The summed E-state index contributed by atoms with van der Waals surface area (Å²) >= 11 is 11.8. The fourth-order valence-electron chi connectivity index (χ4n) is 2.81. The standard InChI is InChI=1S/C15H16Cl2FNO3/c16-11-6-12(17)13(18)5-10(11)14-7-19(2-4-22-14)15(20)9-1-3-21-8-9/h5-6,9,14H,1-4,7-8H2/t9-,14+/m0/s1. The zero-order valence-corrected chi connectivity index (χ0v) is 13.4. The van der Waals surface area contributed by atoms with E-state index < -0.39 is 11.9 Å². The van der Waals surface area contributed by atoms with Crippen LogP contribution in [0.2, 0.25) is 10.0 Å². The highest BCUT2D eigenvalue weighted by Crippen LogP contribution is 2.33. The fourth-order valence-corrected chi connectivity index (χ4v) is 3.31. The molecule has 3 rings (SSSR count). The van der Waals surface area contributed by atoms with Crippen LogP contribution in [0.5, 0.6) is 0 Å². The molecule has 2 aliphatic heterocycles. The molecule has 2 atom stereocenters. The van der Waals surface area contributed by atoms with Crippen LogP contribution in [0.4, 0.5) is 4.39 Å². The number of halogens is 3. The molecule has 2 fully saturated rings. The van der Waals surface area contributed by atoms with Gasteiger partial charge in [0.25, 0.3) is 0 Å². The van der Waals surface area contributed by atoms with E-state index in [4.69, 9.17) is 32.7 Å². The van der Waals surface area contributed by atoms with Crippen molar-refractivity contribution < 1.29 is 18.7 Å². The van der Waals surface area contributed by atoms with Crippen LogP contribution >= 0.6 is 23.2 Å². The predicted octanol–water partition coefficient (Wildman–Crippen LogP) is 3.07. The molecule has 2 aliphatic rings. The van der Waals surface area contributed by atoms with Crippen molar-refractivity contribution in [3.05, 3.63) is 33.6 Å². The minimum atomic E-state index is -0.544. The number of carbonyl (C=O) groups is 1. The molecule has 120 valence electrons. The SMILES string of the molecule is O=C([C@H]1CCOC1)N1CCO[C@@H](c2cc(F)c(Cl)cc2Cl)C1. The van der Waals surface area contributed by atoms with E-state index in [1.54, 1.807) is 4.90 Å². The van der Waals surface area contributed by atoms with Crippen LogP contribution in [0.3, 0.4) is 0 Å². The maximum atomic E-state index is 13.7. The Morgan fingerprint density at radius 2 is 2.09 bits per heavy atom. The first-order valence-corrected chi connectivity index (χ1v) is 7.94. The van der Waals surface area contributed by atoms with Gasteiger partial charge in [-0.25, -0.2) is 4.39 Å². The summed E-state index contributed by atoms with van der Waals surface area (Å²) in [5.41, 5.74) is 0.517. The number of hydrogen-bond donors (Lipinski definition) is 0. The van der Waals surface area contributed by atoms with Gasteiger partial charge < -0.3 is 14.4 Å². The van der Waals surface area contributed by atoms with Crippen LogP contribution in [0, 0.1) is 11.7 Å². The molecule has 0 saturated carbocycles. The van der Waals surface area contributed by atoms with Crippen LogP contribution in [0.15, 0.2) is 12.1 Å². The Hall–Kier alpha value is -0.880. The lowest BCUT2D eigenvalue weighted by Gasteiger charge is -2.34. The van der Waals surface area contributed by atoms with E-state index in [-0.39, 0.29) is 16.8 Å².